The number of alkyl halides is 3. The maximum absolute atomic E-state index is 13.6. The van der Waals surface area contributed by atoms with Crippen molar-refractivity contribution in [2.75, 3.05) is 0 Å². The minimum absolute atomic E-state index is 0.0155. The van der Waals surface area contributed by atoms with Gasteiger partial charge in [-0.1, -0.05) is 138 Å². The third-order valence-corrected chi connectivity index (χ3v) is 16.3. The van der Waals surface area contributed by atoms with Gasteiger partial charge < -0.3 is 9.47 Å². The van der Waals surface area contributed by atoms with Crippen LogP contribution in [0.15, 0.2) is 11.6 Å². The highest BCUT2D eigenvalue weighted by Gasteiger charge is 2.67. The number of ether oxygens (including phenoxy) is 2. The standard InChI is InChI=1S/C46H75F3O4/c1-9-10-11-12-13-14-15-16-17-18-19-20-21-39(50)52-37-25-27-45(8)35(42(37,4)5)24-26-43(6)33-30-38(53-40(51)46(47,48)49)44(7)29-28-41(2,3)31-34(44)32(33)22-23-36(43)45/h22,33-38H,9-21,23-31H2,1-8H3. The summed E-state index contributed by atoms with van der Waals surface area (Å²) in [5, 5.41) is 0. The molecule has 9 atom stereocenters. The molecule has 5 aliphatic carbocycles. The van der Waals surface area contributed by atoms with E-state index in [0.717, 1.165) is 64.2 Å². The molecule has 4 nitrogen and oxygen atoms in total. The highest BCUT2D eigenvalue weighted by Crippen LogP contribution is 2.72. The Balaban J connectivity index is 1.21. The van der Waals surface area contributed by atoms with Gasteiger partial charge in [-0.3, -0.25) is 4.79 Å². The molecule has 0 spiro atoms. The van der Waals surface area contributed by atoms with Crippen molar-refractivity contribution in [1.29, 1.82) is 0 Å². The molecule has 0 N–H and O–H groups in total. The topological polar surface area (TPSA) is 52.6 Å². The zero-order chi connectivity index (χ0) is 38.9. The van der Waals surface area contributed by atoms with E-state index in [1.54, 1.807) is 0 Å². The average Bonchev–Trinajstić information content (AvgIpc) is 3.07. The molecule has 0 aliphatic heterocycles. The van der Waals surface area contributed by atoms with Crippen LogP contribution in [0.3, 0.4) is 0 Å². The number of rotatable bonds is 15. The Kier molecular flexibility index (Phi) is 13.3. The summed E-state index contributed by atoms with van der Waals surface area (Å²) in [4.78, 5) is 25.6. The van der Waals surface area contributed by atoms with Crippen molar-refractivity contribution in [3.63, 3.8) is 0 Å². The Morgan fingerprint density at radius 3 is 1.87 bits per heavy atom. The molecule has 0 bridgehead atoms. The molecule has 4 fully saturated rings. The Labute approximate surface area is 320 Å². The summed E-state index contributed by atoms with van der Waals surface area (Å²) in [7, 11) is 0. The van der Waals surface area contributed by atoms with E-state index in [4.69, 9.17) is 9.47 Å². The molecule has 5 aliphatic rings. The largest absolute Gasteiger partial charge is 0.490 e. The summed E-state index contributed by atoms with van der Waals surface area (Å²) in [6.45, 7) is 18.4. The van der Waals surface area contributed by atoms with E-state index in [0.29, 0.717) is 24.7 Å². The predicted molar refractivity (Wildman–Crippen MR) is 207 cm³/mol. The molecule has 0 saturated heterocycles. The van der Waals surface area contributed by atoms with E-state index in [-0.39, 0.29) is 45.6 Å². The summed E-state index contributed by atoms with van der Waals surface area (Å²) in [5.74, 6) is -1.16. The number of esters is 2. The number of hydrogen-bond donors (Lipinski definition) is 0. The van der Waals surface area contributed by atoms with Gasteiger partial charge in [0.1, 0.15) is 12.2 Å². The quantitative estimate of drug-likeness (QED) is 0.0951. The van der Waals surface area contributed by atoms with Gasteiger partial charge in [-0.2, -0.15) is 13.2 Å². The average molecular weight is 749 g/mol. The van der Waals surface area contributed by atoms with Gasteiger partial charge in [-0.05, 0) is 104 Å². The van der Waals surface area contributed by atoms with Crippen molar-refractivity contribution >= 4 is 11.9 Å². The summed E-state index contributed by atoms with van der Waals surface area (Å²) in [5.41, 5.74) is 0.755. The molecule has 53 heavy (non-hydrogen) atoms. The fourth-order valence-electron chi connectivity index (χ4n) is 13.0. The van der Waals surface area contributed by atoms with Crippen molar-refractivity contribution in [1.82, 2.24) is 0 Å². The van der Waals surface area contributed by atoms with Gasteiger partial charge in [0, 0.05) is 17.3 Å². The van der Waals surface area contributed by atoms with E-state index in [1.807, 2.05) is 0 Å². The molecule has 4 saturated carbocycles. The molecular weight excluding hydrogens is 673 g/mol. The lowest BCUT2D eigenvalue weighted by atomic mass is 9.37. The Morgan fingerprint density at radius 1 is 0.679 bits per heavy atom. The predicted octanol–water partition coefficient (Wildman–Crippen LogP) is 13.5. The van der Waals surface area contributed by atoms with Crippen LogP contribution in [0.5, 0.6) is 0 Å². The Morgan fingerprint density at radius 2 is 1.26 bits per heavy atom. The lowest BCUT2D eigenvalue weighted by molar-refractivity contribution is -0.225. The molecule has 304 valence electrons. The minimum atomic E-state index is -5.00. The SMILES string of the molecule is CCCCCCCCCCCCCCC(=O)OC1CCC2(C)C(CCC3(C)C4CC(OC(=O)C(F)(F)F)C5(C)CCC(C)(C)CC5C4=CCC32)C1(C)C. The molecule has 0 amide bonds. The molecule has 7 heteroatoms. The number of unbranched alkanes of at least 4 members (excludes halogenated alkanes) is 11. The number of fused-ring (bicyclic) bond motifs is 7. The second kappa shape index (κ2) is 16.5. The second-order valence-corrected chi connectivity index (χ2v) is 20.7. The fraction of sp³-hybridized carbons (Fsp3) is 0.913. The van der Waals surface area contributed by atoms with Gasteiger partial charge in [-0.15, -0.1) is 0 Å². The van der Waals surface area contributed by atoms with Crippen LogP contribution in [0.2, 0.25) is 0 Å². The first-order valence-corrected chi connectivity index (χ1v) is 22.0. The van der Waals surface area contributed by atoms with Crippen LogP contribution in [0.25, 0.3) is 0 Å². The zero-order valence-corrected chi connectivity index (χ0v) is 34.9. The molecule has 0 heterocycles. The Hall–Kier alpha value is -1.53. The van der Waals surface area contributed by atoms with Crippen LogP contribution in [0.4, 0.5) is 13.2 Å². The second-order valence-electron chi connectivity index (χ2n) is 20.7. The first kappa shape index (κ1) is 42.6. The smallest absolute Gasteiger partial charge is 0.462 e. The van der Waals surface area contributed by atoms with Crippen molar-refractivity contribution in [2.24, 2.45) is 50.7 Å². The molecule has 0 aromatic rings. The first-order chi connectivity index (χ1) is 24.8. The Bertz CT molecular complexity index is 1300. The number of halogens is 3. The molecule has 0 radical (unpaired) electrons. The van der Waals surface area contributed by atoms with E-state index in [1.165, 1.54) is 69.8 Å². The summed E-state index contributed by atoms with van der Waals surface area (Å²) in [6, 6.07) is 0. The number of carbonyl (C=O) groups is 2. The van der Waals surface area contributed by atoms with Crippen LogP contribution in [-0.4, -0.2) is 30.3 Å². The lowest BCUT2D eigenvalue weighted by Gasteiger charge is -2.68. The monoisotopic (exact) mass is 749 g/mol. The van der Waals surface area contributed by atoms with Crippen LogP contribution < -0.4 is 0 Å². The molecular formula is C46H75F3O4. The number of hydrogen-bond acceptors (Lipinski definition) is 4. The minimum Gasteiger partial charge on any atom is -0.462 e. The van der Waals surface area contributed by atoms with Gasteiger partial charge in [0.15, 0.2) is 0 Å². The molecule has 9 unspecified atom stereocenters. The molecule has 0 aromatic heterocycles. The number of allylic oxidation sites excluding steroid dienone is 2. The van der Waals surface area contributed by atoms with E-state index < -0.39 is 23.7 Å². The van der Waals surface area contributed by atoms with Crippen molar-refractivity contribution < 1.29 is 32.2 Å². The van der Waals surface area contributed by atoms with Gasteiger partial charge in [0.2, 0.25) is 0 Å². The van der Waals surface area contributed by atoms with Gasteiger partial charge in [0.25, 0.3) is 0 Å². The highest BCUT2D eigenvalue weighted by molar-refractivity contribution is 5.76. The van der Waals surface area contributed by atoms with Gasteiger partial charge >= 0.3 is 18.1 Å². The van der Waals surface area contributed by atoms with Crippen LogP contribution >= 0.6 is 0 Å². The summed E-state index contributed by atoms with van der Waals surface area (Å²) >= 11 is 0. The van der Waals surface area contributed by atoms with Gasteiger partial charge in [-0.25, -0.2) is 4.79 Å². The zero-order valence-electron chi connectivity index (χ0n) is 34.9. The molecule has 5 rings (SSSR count). The fourth-order valence-corrected chi connectivity index (χ4v) is 13.0. The van der Waals surface area contributed by atoms with E-state index in [2.05, 4.69) is 61.5 Å². The third kappa shape index (κ3) is 8.89. The van der Waals surface area contributed by atoms with Crippen LogP contribution in [-0.2, 0) is 19.1 Å². The van der Waals surface area contributed by atoms with Crippen molar-refractivity contribution in [3.8, 4) is 0 Å². The van der Waals surface area contributed by atoms with Crippen LogP contribution in [0.1, 0.15) is 197 Å². The maximum Gasteiger partial charge on any atom is 0.490 e. The maximum atomic E-state index is 13.6. The number of carbonyl (C=O) groups excluding carboxylic acids is 2. The normalized spacial score (nSPS) is 37.3. The third-order valence-electron chi connectivity index (χ3n) is 16.3. The summed E-state index contributed by atoms with van der Waals surface area (Å²) in [6.07, 6.45) is 20.2. The summed E-state index contributed by atoms with van der Waals surface area (Å²) < 4.78 is 52.7. The van der Waals surface area contributed by atoms with Gasteiger partial charge in [0.05, 0.1) is 0 Å². The highest BCUT2D eigenvalue weighted by atomic mass is 19.4. The lowest BCUT2D eigenvalue weighted by Crippen LogP contribution is -2.63. The van der Waals surface area contributed by atoms with E-state index in [9.17, 15) is 22.8 Å². The first-order valence-electron chi connectivity index (χ1n) is 22.0. The van der Waals surface area contributed by atoms with E-state index >= 15 is 0 Å². The van der Waals surface area contributed by atoms with Crippen molar-refractivity contribution in [2.45, 2.75) is 215 Å². The molecule has 0 aromatic carbocycles. The van der Waals surface area contributed by atoms with Crippen LogP contribution in [0, 0.1) is 50.7 Å². The van der Waals surface area contributed by atoms with Crippen molar-refractivity contribution in [3.05, 3.63) is 11.6 Å².